The summed E-state index contributed by atoms with van der Waals surface area (Å²) < 4.78 is 37.6. The number of halogens is 3. The van der Waals surface area contributed by atoms with Crippen molar-refractivity contribution in [2.75, 3.05) is 18.5 Å². The zero-order chi connectivity index (χ0) is 20.3. The van der Waals surface area contributed by atoms with Crippen molar-refractivity contribution >= 4 is 17.8 Å². The Labute approximate surface area is 153 Å². The van der Waals surface area contributed by atoms with Crippen LogP contribution in [0.2, 0.25) is 0 Å². The molecule has 2 rings (SSSR count). The van der Waals surface area contributed by atoms with Crippen LogP contribution in [-0.4, -0.2) is 57.6 Å². The van der Waals surface area contributed by atoms with Crippen LogP contribution in [0, 0.1) is 0 Å². The Balaban J connectivity index is 0.000000445. The van der Waals surface area contributed by atoms with Crippen LogP contribution in [0.25, 0.3) is 0 Å². The number of anilines is 1. The number of aliphatic carboxylic acids is 1. The second-order valence-electron chi connectivity index (χ2n) is 5.78. The fraction of sp³-hybridized carbons (Fsp3) is 0.625. The number of rotatable bonds is 6. The molecule has 0 atom stereocenters. The number of aromatic nitrogens is 2. The lowest BCUT2D eigenvalue weighted by molar-refractivity contribution is -0.192. The van der Waals surface area contributed by atoms with E-state index in [0.29, 0.717) is 25.1 Å². The van der Waals surface area contributed by atoms with Gasteiger partial charge in [0.15, 0.2) is 0 Å². The SMILES string of the molecule is O=C(O)C(F)(F)F.O=C(O)c1nccc(NCCOC2CCCCCC2)n1. The van der Waals surface area contributed by atoms with Crippen molar-refractivity contribution in [1.29, 1.82) is 0 Å². The molecule has 0 saturated heterocycles. The van der Waals surface area contributed by atoms with Crippen molar-refractivity contribution in [3.63, 3.8) is 0 Å². The zero-order valence-corrected chi connectivity index (χ0v) is 14.5. The van der Waals surface area contributed by atoms with E-state index < -0.39 is 18.1 Å². The number of hydrogen-bond acceptors (Lipinski definition) is 6. The largest absolute Gasteiger partial charge is 0.490 e. The summed E-state index contributed by atoms with van der Waals surface area (Å²) in [5.74, 6) is -3.56. The Kier molecular flexibility index (Phi) is 9.48. The van der Waals surface area contributed by atoms with Gasteiger partial charge < -0.3 is 20.3 Å². The Morgan fingerprint density at radius 2 is 1.78 bits per heavy atom. The lowest BCUT2D eigenvalue weighted by atomic mass is 10.1. The van der Waals surface area contributed by atoms with Gasteiger partial charge in [-0.15, -0.1) is 0 Å². The third kappa shape index (κ3) is 9.73. The monoisotopic (exact) mass is 393 g/mol. The molecule has 0 aliphatic heterocycles. The van der Waals surface area contributed by atoms with Gasteiger partial charge in [0.1, 0.15) is 5.82 Å². The maximum atomic E-state index is 10.7. The molecule has 11 heteroatoms. The Bertz CT molecular complexity index is 605. The first-order chi connectivity index (χ1) is 12.7. The molecule has 0 unspecified atom stereocenters. The molecule has 0 spiro atoms. The summed E-state index contributed by atoms with van der Waals surface area (Å²) in [7, 11) is 0. The highest BCUT2D eigenvalue weighted by Gasteiger charge is 2.38. The van der Waals surface area contributed by atoms with Crippen LogP contribution in [-0.2, 0) is 9.53 Å². The van der Waals surface area contributed by atoms with Crippen molar-refractivity contribution in [1.82, 2.24) is 9.97 Å². The Hall–Kier alpha value is -2.43. The standard InChI is InChI=1S/C14H21N3O3.C2HF3O2/c18-14(19)13-16-8-7-12(17-13)15-9-10-20-11-5-3-1-2-4-6-11;3-2(4,5)1(6)7/h7-8,11H,1-6,9-10H2,(H,18,19)(H,15,16,17);(H,6,7). The van der Waals surface area contributed by atoms with Crippen molar-refractivity contribution in [3.05, 3.63) is 18.1 Å². The maximum absolute atomic E-state index is 10.7. The van der Waals surface area contributed by atoms with Crippen LogP contribution in [0.15, 0.2) is 12.3 Å². The van der Waals surface area contributed by atoms with Gasteiger partial charge in [-0.3, -0.25) is 0 Å². The highest BCUT2D eigenvalue weighted by Crippen LogP contribution is 2.19. The van der Waals surface area contributed by atoms with E-state index in [-0.39, 0.29) is 5.82 Å². The topological polar surface area (TPSA) is 122 Å². The highest BCUT2D eigenvalue weighted by molar-refractivity contribution is 5.83. The fourth-order valence-electron chi connectivity index (χ4n) is 2.37. The summed E-state index contributed by atoms with van der Waals surface area (Å²) in [6, 6.07) is 1.65. The minimum absolute atomic E-state index is 0.195. The summed E-state index contributed by atoms with van der Waals surface area (Å²) in [5, 5.41) is 19.0. The molecular formula is C16H22F3N3O5. The van der Waals surface area contributed by atoms with E-state index in [9.17, 15) is 18.0 Å². The predicted molar refractivity (Wildman–Crippen MR) is 88.6 cm³/mol. The molecule has 1 heterocycles. The van der Waals surface area contributed by atoms with Crippen LogP contribution in [0.3, 0.4) is 0 Å². The molecule has 152 valence electrons. The number of ether oxygens (including phenoxy) is 1. The van der Waals surface area contributed by atoms with Gasteiger partial charge in [0.05, 0.1) is 12.7 Å². The molecule has 1 fully saturated rings. The number of nitrogens with one attached hydrogen (secondary N) is 1. The third-order valence-electron chi connectivity index (χ3n) is 3.65. The minimum Gasteiger partial charge on any atom is -0.475 e. The second-order valence-corrected chi connectivity index (χ2v) is 5.78. The quantitative estimate of drug-likeness (QED) is 0.498. The first kappa shape index (κ1) is 22.6. The molecule has 0 radical (unpaired) electrons. The van der Waals surface area contributed by atoms with Crippen molar-refractivity contribution < 1.29 is 37.7 Å². The Morgan fingerprint density at radius 3 is 2.30 bits per heavy atom. The molecule has 1 saturated carbocycles. The zero-order valence-electron chi connectivity index (χ0n) is 14.5. The number of nitrogens with zero attached hydrogens (tertiary/aromatic N) is 2. The van der Waals surface area contributed by atoms with E-state index in [2.05, 4.69) is 15.3 Å². The predicted octanol–water partition coefficient (Wildman–Crippen LogP) is 2.96. The van der Waals surface area contributed by atoms with Crippen LogP contribution in [0.4, 0.5) is 19.0 Å². The lowest BCUT2D eigenvalue weighted by Gasteiger charge is -2.15. The van der Waals surface area contributed by atoms with Gasteiger partial charge in [-0.05, 0) is 18.9 Å². The fourth-order valence-corrected chi connectivity index (χ4v) is 2.37. The minimum atomic E-state index is -5.08. The molecular weight excluding hydrogens is 371 g/mol. The van der Waals surface area contributed by atoms with E-state index in [0.717, 1.165) is 12.8 Å². The van der Waals surface area contributed by atoms with Gasteiger partial charge in [-0.1, -0.05) is 25.7 Å². The molecule has 0 bridgehead atoms. The molecule has 1 aliphatic carbocycles. The van der Waals surface area contributed by atoms with E-state index in [4.69, 9.17) is 19.7 Å². The van der Waals surface area contributed by atoms with Gasteiger partial charge in [-0.25, -0.2) is 19.6 Å². The smallest absolute Gasteiger partial charge is 0.475 e. The Morgan fingerprint density at radius 1 is 1.19 bits per heavy atom. The van der Waals surface area contributed by atoms with Crippen LogP contribution in [0.5, 0.6) is 0 Å². The average molecular weight is 393 g/mol. The molecule has 0 aromatic carbocycles. The lowest BCUT2D eigenvalue weighted by Crippen LogP contribution is -2.21. The van der Waals surface area contributed by atoms with Crippen LogP contribution < -0.4 is 5.32 Å². The first-order valence-electron chi connectivity index (χ1n) is 8.42. The van der Waals surface area contributed by atoms with Crippen LogP contribution >= 0.6 is 0 Å². The number of carbonyl (C=O) groups is 2. The van der Waals surface area contributed by atoms with Crippen molar-refractivity contribution in [2.45, 2.75) is 50.8 Å². The molecule has 1 aliphatic rings. The summed E-state index contributed by atoms with van der Waals surface area (Å²) in [6.45, 7) is 1.23. The summed E-state index contributed by atoms with van der Waals surface area (Å²) in [5.41, 5.74) is 0. The highest BCUT2D eigenvalue weighted by atomic mass is 19.4. The number of aromatic carboxylic acids is 1. The van der Waals surface area contributed by atoms with Gasteiger partial charge in [0.2, 0.25) is 5.82 Å². The molecule has 3 N–H and O–H groups in total. The number of alkyl halides is 3. The third-order valence-corrected chi connectivity index (χ3v) is 3.65. The molecule has 1 aromatic heterocycles. The summed E-state index contributed by atoms with van der Waals surface area (Å²) in [4.78, 5) is 27.2. The number of carboxylic acids is 2. The molecule has 8 nitrogen and oxygen atoms in total. The van der Waals surface area contributed by atoms with E-state index in [1.165, 1.54) is 31.9 Å². The van der Waals surface area contributed by atoms with Gasteiger partial charge in [-0.2, -0.15) is 13.2 Å². The van der Waals surface area contributed by atoms with Crippen LogP contribution in [0.1, 0.15) is 49.1 Å². The second kappa shape index (κ2) is 11.3. The molecule has 27 heavy (non-hydrogen) atoms. The number of hydrogen-bond donors (Lipinski definition) is 3. The van der Waals surface area contributed by atoms with E-state index in [1.54, 1.807) is 6.07 Å². The average Bonchev–Trinajstić information content (AvgIpc) is 2.87. The van der Waals surface area contributed by atoms with Crippen molar-refractivity contribution in [3.8, 4) is 0 Å². The van der Waals surface area contributed by atoms with Gasteiger partial charge in [0.25, 0.3) is 0 Å². The van der Waals surface area contributed by atoms with E-state index >= 15 is 0 Å². The maximum Gasteiger partial charge on any atom is 0.490 e. The van der Waals surface area contributed by atoms with Gasteiger partial charge in [0, 0.05) is 12.7 Å². The van der Waals surface area contributed by atoms with E-state index in [1.807, 2.05) is 0 Å². The van der Waals surface area contributed by atoms with Crippen molar-refractivity contribution in [2.24, 2.45) is 0 Å². The normalized spacial score (nSPS) is 15.2. The molecule has 1 aromatic rings. The summed E-state index contributed by atoms with van der Waals surface area (Å²) >= 11 is 0. The molecule has 0 amide bonds. The first-order valence-corrected chi connectivity index (χ1v) is 8.42. The number of carboxylic acid groups (broad SMARTS) is 2. The summed E-state index contributed by atoms with van der Waals surface area (Å²) in [6.07, 6.45) is 4.17. The van der Waals surface area contributed by atoms with Gasteiger partial charge >= 0.3 is 18.1 Å².